The Morgan fingerprint density at radius 2 is 0.438 bits per heavy atom. The lowest BCUT2D eigenvalue weighted by molar-refractivity contribution is 0.660. The Morgan fingerprint density at radius 1 is 0.161 bits per heavy atom. The number of hydrogen-bond acceptors (Lipinski definition) is 9. The van der Waals surface area contributed by atoms with Gasteiger partial charge in [0, 0.05) is 91.4 Å². The van der Waals surface area contributed by atoms with Crippen molar-refractivity contribution in [1.82, 2.24) is 44.9 Å². The second-order valence-corrected chi connectivity index (χ2v) is 35.8. The van der Waals surface area contributed by atoms with Gasteiger partial charge in [0.1, 0.15) is 0 Å². The molecule has 0 saturated heterocycles. The minimum Gasteiger partial charge on any atom is -0.265 e. The van der Waals surface area contributed by atoms with Gasteiger partial charge < -0.3 is 0 Å². The average Bonchev–Trinajstić information content (AvgIpc) is 1.51. The highest BCUT2D eigenvalue weighted by molar-refractivity contribution is 5.97. The Bertz CT molecular complexity index is 7920. The van der Waals surface area contributed by atoms with Crippen molar-refractivity contribution >= 4 is 0 Å². The predicted molar refractivity (Wildman–Crippen MR) is 556 cm³/mol. The van der Waals surface area contributed by atoms with E-state index in [0.717, 1.165) is 118 Å². The van der Waals surface area contributed by atoms with Gasteiger partial charge >= 0.3 is 0 Å². The fourth-order valence-electron chi connectivity index (χ4n) is 21.1. The van der Waals surface area contributed by atoms with E-state index in [2.05, 4.69) is 388 Å². The number of pyridine rings is 3. The highest BCUT2D eigenvalue weighted by Gasteiger charge is 2.52. The van der Waals surface area contributed by atoms with E-state index in [-0.39, 0.29) is 5.41 Å². The molecular weight excluding hydrogens is 1660 g/mol. The second kappa shape index (κ2) is 34.7. The Morgan fingerprint density at radius 3 is 0.839 bits per heavy atom. The maximum atomic E-state index is 5.22. The molecule has 4 aliphatic rings. The molecule has 0 saturated carbocycles. The highest BCUT2D eigenvalue weighted by atomic mass is 14.9. The van der Waals surface area contributed by atoms with Crippen molar-refractivity contribution in [2.75, 3.05) is 0 Å². The number of benzene rings is 16. The van der Waals surface area contributed by atoms with Crippen molar-refractivity contribution in [1.29, 1.82) is 0 Å². The fourth-order valence-corrected chi connectivity index (χ4v) is 21.1. The molecule has 9 nitrogen and oxygen atoms in total. The van der Waals surface area contributed by atoms with E-state index >= 15 is 0 Å². The van der Waals surface area contributed by atoms with Crippen LogP contribution < -0.4 is 0 Å². The molecule has 0 bridgehead atoms. The summed E-state index contributed by atoms with van der Waals surface area (Å²) >= 11 is 0. The van der Waals surface area contributed by atoms with Gasteiger partial charge in [-0.25, -0.2) is 29.9 Å². The molecule has 644 valence electrons. The standard InChI is InChI=1S/C46H29N3.C46H31N3.C36H27N3/c1-2-12-32(13-3-1)45-48-43(31-23-21-30(22-24-31)42-20-10-11-27-47-42)29-44(49-45)33-25-26-37-36-16-6-9-19-40(36)46(41(37)28-33)38-17-7-4-14-34(38)35-15-5-8-18-39(35)46;1-4-12-35(13-5-1)45-48-43(34-22-20-32(21-23-34)33-26-28-47-29-27-33)31-44(49-45)36-24-25-40-39-18-10-11-19-41(39)46(42(40)30-36,37-14-6-2-7-15-37)38-16-8-3-9-17-38;1-36(2)30-16-10-9-15-28(30)29-19-17-26(21-31(29)36)33-22-34(39-35(38-33)25-13-7-4-8-14-25)27-18-20-32(37-23-27)24-11-5-3-6-12-24/h1-29H;1-31H;3-23H,1-2H3. The Labute approximate surface area is 796 Å². The number of hydrogen-bond donors (Lipinski definition) is 0. The summed E-state index contributed by atoms with van der Waals surface area (Å²) in [7, 11) is 0. The zero-order chi connectivity index (χ0) is 91.4. The first-order chi connectivity index (χ1) is 67.6. The summed E-state index contributed by atoms with van der Waals surface area (Å²) in [6.45, 7) is 4.62. The van der Waals surface area contributed by atoms with Crippen LogP contribution >= 0.6 is 0 Å². The molecule has 16 aromatic carbocycles. The van der Waals surface area contributed by atoms with Crippen LogP contribution in [0.1, 0.15) is 69.5 Å². The SMILES string of the molecule is CC1(C)c2ccccc2-c2ccc(-c3cc(-c4ccc(-c5ccccc5)nc4)nc(-c4ccccc4)n3)cc21.c1ccc(-c2nc(-c3ccc(-c4ccccn4)cc3)cc(-c3ccc4c(c3)C3(c5ccccc5-c5ccccc53)c3ccccc3-4)n2)cc1.c1ccc(-c2nc(-c3ccc(-c4ccncc4)cc3)cc(-c3ccc4c(c3)C(c3ccccc3)(c3ccccc3)c3ccccc3-4)n2)cc1. The zero-order valence-corrected chi connectivity index (χ0v) is 75.3. The van der Waals surface area contributed by atoms with Crippen LogP contribution in [0.2, 0.25) is 0 Å². The molecule has 6 aromatic heterocycles. The summed E-state index contributed by atoms with van der Waals surface area (Å²) < 4.78 is 0. The highest BCUT2D eigenvalue weighted by Crippen LogP contribution is 2.64. The largest absolute Gasteiger partial charge is 0.265 e. The van der Waals surface area contributed by atoms with Gasteiger partial charge in [-0.1, -0.05) is 408 Å². The Balaban J connectivity index is 0.000000113. The van der Waals surface area contributed by atoms with E-state index in [9.17, 15) is 0 Å². The van der Waals surface area contributed by atoms with Crippen LogP contribution in [-0.4, -0.2) is 44.9 Å². The quantitative estimate of drug-likeness (QED) is 0.105. The van der Waals surface area contributed by atoms with Crippen LogP contribution in [0, 0.1) is 0 Å². The summed E-state index contributed by atoms with van der Waals surface area (Å²) in [4.78, 5) is 44.2. The molecule has 0 N–H and O–H groups in total. The van der Waals surface area contributed by atoms with Crippen molar-refractivity contribution in [2.24, 2.45) is 0 Å². The lowest BCUT2D eigenvalue weighted by Gasteiger charge is -2.34. The van der Waals surface area contributed by atoms with E-state index in [0.29, 0.717) is 17.5 Å². The van der Waals surface area contributed by atoms with Crippen LogP contribution in [0.15, 0.2) is 492 Å². The molecule has 0 aliphatic heterocycles. The second-order valence-electron chi connectivity index (χ2n) is 35.8. The first-order valence-corrected chi connectivity index (χ1v) is 46.6. The summed E-state index contributed by atoms with van der Waals surface area (Å²) in [6.07, 6.45) is 7.39. The molecule has 0 atom stereocenters. The van der Waals surface area contributed by atoms with Crippen LogP contribution in [0.25, 0.3) is 180 Å². The van der Waals surface area contributed by atoms with Gasteiger partial charge in [0.15, 0.2) is 17.5 Å². The number of rotatable bonds is 14. The molecule has 0 fully saturated rings. The van der Waals surface area contributed by atoms with Crippen molar-refractivity contribution in [3.63, 3.8) is 0 Å². The minimum atomic E-state index is -0.481. The monoisotopic (exact) mass is 1750 g/mol. The number of nitrogens with zero attached hydrogens (tertiary/aromatic N) is 9. The topological polar surface area (TPSA) is 116 Å². The van der Waals surface area contributed by atoms with Gasteiger partial charge in [-0.05, 0) is 184 Å². The lowest BCUT2D eigenvalue weighted by atomic mass is 9.67. The summed E-state index contributed by atoms with van der Waals surface area (Å²) in [5.74, 6) is 2.11. The molecule has 22 aromatic rings. The summed E-state index contributed by atoms with van der Waals surface area (Å²) in [5, 5.41) is 0. The maximum absolute atomic E-state index is 5.22. The molecule has 6 heterocycles. The molecule has 137 heavy (non-hydrogen) atoms. The van der Waals surface area contributed by atoms with Gasteiger partial charge in [-0.2, -0.15) is 0 Å². The van der Waals surface area contributed by atoms with E-state index in [1.165, 1.54) is 100 Å². The average molecular weight is 1750 g/mol. The van der Waals surface area contributed by atoms with Crippen LogP contribution in [-0.2, 0) is 16.2 Å². The van der Waals surface area contributed by atoms with Gasteiger partial charge in [-0.3, -0.25) is 15.0 Å². The lowest BCUT2D eigenvalue weighted by Crippen LogP contribution is -2.28. The fraction of sp³-hybridized carbons (Fsp3) is 0.0391. The molecular formula is C128H87N9. The third-order valence-electron chi connectivity index (χ3n) is 27.7. The van der Waals surface area contributed by atoms with E-state index in [1.807, 2.05) is 128 Å². The first-order valence-electron chi connectivity index (χ1n) is 46.6. The van der Waals surface area contributed by atoms with Gasteiger partial charge in [0.2, 0.25) is 0 Å². The summed E-state index contributed by atoms with van der Waals surface area (Å²) in [6, 6.07) is 165. The summed E-state index contributed by atoms with van der Waals surface area (Å²) in [5.41, 5.74) is 43.2. The van der Waals surface area contributed by atoms with Crippen molar-refractivity contribution < 1.29 is 0 Å². The molecule has 0 radical (unpaired) electrons. The van der Waals surface area contributed by atoms with E-state index < -0.39 is 10.8 Å². The zero-order valence-electron chi connectivity index (χ0n) is 75.3. The predicted octanol–water partition coefficient (Wildman–Crippen LogP) is 30.6. The Kier molecular flexibility index (Phi) is 20.9. The minimum absolute atomic E-state index is 0.0722. The van der Waals surface area contributed by atoms with Crippen LogP contribution in [0.4, 0.5) is 0 Å². The first kappa shape index (κ1) is 82.4. The number of fused-ring (bicyclic) bond motifs is 16. The van der Waals surface area contributed by atoms with Gasteiger partial charge in [0.05, 0.1) is 56.4 Å². The third-order valence-corrected chi connectivity index (χ3v) is 27.7. The Hall–Kier alpha value is -17.8. The number of aromatic nitrogens is 9. The molecule has 0 amide bonds. The van der Waals surface area contributed by atoms with Gasteiger partial charge in [0.25, 0.3) is 0 Å². The van der Waals surface area contributed by atoms with Crippen molar-refractivity contribution in [3.8, 4) is 180 Å². The maximum Gasteiger partial charge on any atom is 0.160 e. The van der Waals surface area contributed by atoms with E-state index in [1.54, 1.807) is 0 Å². The van der Waals surface area contributed by atoms with Crippen LogP contribution in [0.3, 0.4) is 0 Å². The molecule has 4 aliphatic carbocycles. The van der Waals surface area contributed by atoms with E-state index in [4.69, 9.17) is 34.9 Å². The third kappa shape index (κ3) is 14.6. The molecule has 26 rings (SSSR count). The molecule has 9 heteroatoms. The van der Waals surface area contributed by atoms with Gasteiger partial charge in [-0.15, -0.1) is 0 Å². The van der Waals surface area contributed by atoms with Crippen molar-refractivity contribution in [2.45, 2.75) is 30.1 Å². The smallest absolute Gasteiger partial charge is 0.160 e. The normalized spacial score (nSPS) is 12.9. The van der Waals surface area contributed by atoms with Crippen LogP contribution in [0.5, 0.6) is 0 Å². The molecule has 0 unspecified atom stereocenters. The van der Waals surface area contributed by atoms with Crippen molar-refractivity contribution in [3.05, 3.63) is 548 Å². The molecule has 1 spiro atoms.